The molecule has 0 amide bonds. The van der Waals surface area contributed by atoms with Crippen LogP contribution < -0.4 is 5.32 Å². The minimum Gasteiger partial charge on any atom is -0.465 e. The highest BCUT2D eigenvalue weighted by Gasteiger charge is 2.09. The summed E-state index contributed by atoms with van der Waals surface area (Å²) in [5.74, 6) is -0.384. The van der Waals surface area contributed by atoms with E-state index in [4.69, 9.17) is 0 Å². The molecule has 0 saturated carbocycles. The predicted molar refractivity (Wildman–Crippen MR) is 76.1 cm³/mol. The minimum absolute atomic E-state index is 0.128. The van der Waals surface area contributed by atoms with Crippen molar-refractivity contribution in [3.8, 4) is 0 Å². The van der Waals surface area contributed by atoms with Crippen LogP contribution in [-0.4, -0.2) is 18.0 Å². The lowest BCUT2D eigenvalue weighted by molar-refractivity contribution is -0.380. The van der Waals surface area contributed by atoms with E-state index >= 15 is 0 Å². The molecule has 2 aromatic rings. The maximum absolute atomic E-state index is 11.3. The normalized spacial score (nSPS) is 10.1. The van der Waals surface area contributed by atoms with Crippen molar-refractivity contribution in [3.05, 3.63) is 57.0 Å². The molecule has 0 aliphatic rings. The van der Waals surface area contributed by atoms with Gasteiger partial charge in [0, 0.05) is 23.2 Å². The molecule has 1 aromatic heterocycles. The Hall–Kier alpha value is -2.41. The van der Waals surface area contributed by atoms with E-state index < -0.39 is 4.92 Å². The summed E-state index contributed by atoms with van der Waals surface area (Å²) in [4.78, 5) is 22.3. The number of esters is 1. The number of nitrogens with zero attached hydrogens (tertiary/aromatic N) is 1. The Labute approximate surface area is 119 Å². The molecule has 1 aromatic carbocycles. The fourth-order valence-electron chi connectivity index (χ4n) is 1.59. The number of benzene rings is 1. The molecule has 0 fully saturated rings. The fourth-order valence-corrected chi connectivity index (χ4v) is 2.35. The van der Waals surface area contributed by atoms with E-state index in [0.29, 0.717) is 12.1 Å². The Kier molecular flexibility index (Phi) is 4.31. The van der Waals surface area contributed by atoms with Crippen molar-refractivity contribution < 1.29 is 14.5 Å². The van der Waals surface area contributed by atoms with E-state index in [0.717, 1.165) is 21.9 Å². The highest BCUT2D eigenvalue weighted by Crippen LogP contribution is 2.24. The predicted octanol–water partition coefficient (Wildman–Crippen LogP) is 3.06. The third kappa shape index (κ3) is 3.33. The van der Waals surface area contributed by atoms with Gasteiger partial charge in [-0.15, -0.1) is 0 Å². The number of anilines is 1. The fraction of sp³-hybridized carbons (Fsp3) is 0.154. The smallest absolute Gasteiger partial charge is 0.337 e. The first kappa shape index (κ1) is 14.0. The molecule has 0 saturated heterocycles. The average molecular weight is 292 g/mol. The minimum atomic E-state index is -0.403. The number of thiophene rings is 1. The second kappa shape index (κ2) is 6.16. The van der Waals surface area contributed by atoms with Crippen LogP contribution in [0.25, 0.3) is 0 Å². The summed E-state index contributed by atoms with van der Waals surface area (Å²) >= 11 is 1.14. The molecular formula is C13H12N2O4S. The van der Waals surface area contributed by atoms with E-state index in [1.807, 2.05) is 0 Å². The number of hydrogen-bond donors (Lipinski definition) is 1. The maximum Gasteiger partial charge on any atom is 0.337 e. The van der Waals surface area contributed by atoms with Gasteiger partial charge in [0.25, 0.3) is 0 Å². The second-order valence-corrected chi connectivity index (χ2v) is 5.07. The van der Waals surface area contributed by atoms with Crippen LogP contribution in [0.2, 0.25) is 0 Å². The van der Waals surface area contributed by atoms with Gasteiger partial charge in [0.15, 0.2) is 0 Å². The van der Waals surface area contributed by atoms with Crippen LogP contribution in [-0.2, 0) is 11.3 Å². The van der Waals surface area contributed by atoms with Gasteiger partial charge in [0.05, 0.1) is 17.6 Å². The number of nitro groups is 1. The summed E-state index contributed by atoms with van der Waals surface area (Å²) in [6, 6.07) is 10.0. The first-order valence-electron chi connectivity index (χ1n) is 5.75. The van der Waals surface area contributed by atoms with Crippen LogP contribution >= 0.6 is 11.3 Å². The van der Waals surface area contributed by atoms with Crippen molar-refractivity contribution in [3.63, 3.8) is 0 Å². The molecule has 1 N–H and O–H groups in total. The summed E-state index contributed by atoms with van der Waals surface area (Å²) < 4.78 is 4.61. The number of rotatable bonds is 5. The molecule has 0 aliphatic heterocycles. The van der Waals surface area contributed by atoms with Gasteiger partial charge in [-0.2, -0.15) is 0 Å². The van der Waals surface area contributed by atoms with Crippen LogP contribution in [0.1, 0.15) is 15.2 Å². The van der Waals surface area contributed by atoms with Gasteiger partial charge in [-0.3, -0.25) is 10.1 Å². The first-order valence-corrected chi connectivity index (χ1v) is 6.57. The Morgan fingerprint density at radius 2 is 2.00 bits per heavy atom. The molecule has 0 aliphatic carbocycles. The Morgan fingerprint density at radius 1 is 1.30 bits per heavy atom. The highest BCUT2D eigenvalue weighted by atomic mass is 32.1. The quantitative estimate of drug-likeness (QED) is 0.520. The van der Waals surface area contributed by atoms with Gasteiger partial charge >= 0.3 is 11.0 Å². The molecule has 20 heavy (non-hydrogen) atoms. The third-order valence-corrected chi connectivity index (χ3v) is 3.64. The van der Waals surface area contributed by atoms with Crippen LogP contribution in [0, 0.1) is 10.1 Å². The topological polar surface area (TPSA) is 81.5 Å². The maximum atomic E-state index is 11.3. The van der Waals surface area contributed by atoms with Crippen molar-refractivity contribution >= 4 is 28.0 Å². The van der Waals surface area contributed by atoms with Crippen LogP contribution in [0.3, 0.4) is 0 Å². The number of methoxy groups -OCH3 is 1. The highest BCUT2D eigenvalue weighted by molar-refractivity contribution is 7.15. The Bertz CT molecular complexity index is 622. The van der Waals surface area contributed by atoms with Gasteiger partial charge in [0.2, 0.25) is 0 Å². The van der Waals surface area contributed by atoms with Gasteiger partial charge < -0.3 is 10.1 Å². The lowest BCUT2D eigenvalue weighted by atomic mass is 10.2. The molecule has 1 heterocycles. The van der Waals surface area contributed by atoms with E-state index in [2.05, 4.69) is 10.1 Å². The molecule has 2 rings (SSSR count). The number of ether oxygens (including phenoxy) is 1. The zero-order valence-electron chi connectivity index (χ0n) is 10.7. The van der Waals surface area contributed by atoms with Gasteiger partial charge in [-0.05, 0) is 30.3 Å². The summed E-state index contributed by atoms with van der Waals surface area (Å²) in [6.45, 7) is 0.496. The van der Waals surface area contributed by atoms with Crippen molar-refractivity contribution in [2.24, 2.45) is 0 Å². The molecular weight excluding hydrogens is 280 g/mol. The molecule has 7 heteroatoms. The summed E-state index contributed by atoms with van der Waals surface area (Å²) in [5.41, 5.74) is 1.30. The van der Waals surface area contributed by atoms with E-state index in [1.165, 1.54) is 13.2 Å². The number of carbonyl (C=O) groups is 1. The van der Waals surface area contributed by atoms with Crippen molar-refractivity contribution in [2.45, 2.75) is 6.54 Å². The zero-order chi connectivity index (χ0) is 14.5. The average Bonchev–Trinajstić information content (AvgIpc) is 2.94. The molecule has 0 spiro atoms. The van der Waals surface area contributed by atoms with Crippen molar-refractivity contribution in [2.75, 3.05) is 12.4 Å². The molecule has 0 unspecified atom stereocenters. The zero-order valence-corrected chi connectivity index (χ0v) is 11.5. The second-order valence-electron chi connectivity index (χ2n) is 3.92. The number of carbonyl (C=O) groups excluding carboxylic acids is 1. The van der Waals surface area contributed by atoms with Gasteiger partial charge in [-0.25, -0.2) is 4.79 Å². The summed E-state index contributed by atoms with van der Waals surface area (Å²) in [5, 5.41) is 13.8. The Morgan fingerprint density at radius 3 is 2.55 bits per heavy atom. The lowest BCUT2D eigenvalue weighted by Crippen LogP contribution is -2.02. The molecule has 6 nitrogen and oxygen atoms in total. The van der Waals surface area contributed by atoms with Crippen LogP contribution in [0.15, 0.2) is 36.4 Å². The van der Waals surface area contributed by atoms with E-state index in [9.17, 15) is 14.9 Å². The number of nitrogens with one attached hydrogen (secondary N) is 1. The number of hydrogen-bond acceptors (Lipinski definition) is 6. The van der Waals surface area contributed by atoms with Crippen molar-refractivity contribution in [1.82, 2.24) is 0 Å². The summed E-state index contributed by atoms with van der Waals surface area (Å²) in [7, 11) is 1.33. The van der Waals surface area contributed by atoms with Crippen LogP contribution in [0.4, 0.5) is 10.7 Å². The third-order valence-electron chi connectivity index (χ3n) is 2.60. The standard InChI is InChI=1S/C13H12N2O4S/c1-19-13(16)9-2-4-10(5-3-9)14-8-11-6-7-12(20-11)15(17)18/h2-7,14H,8H2,1H3. The van der Waals surface area contributed by atoms with Crippen LogP contribution in [0.5, 0.6) is 0 Å². The van der Waals surface area contributed by atoms with Gasteiger partial charge in [-0.1, -0.05) is 11.3 Å². The van der Waals surface area contributed by atoms with E-state index in [-0.39, 0.29) is 11.0 Å². The largest absolute Gasteiger partial charge is 0.465 e. The first-order chi connectivity index (χ1) is 9.60. The molecule has 0 radical (unpaired) electrons. The molecule has 104 valence electrons. The lowest BCUT2D eigenvalue weighted by Gasteiger charge is -2.05. The van der Waals surface area contributed by atoms with Crippen molar-refractivity contribution in [1.29, 1.82) is 0 Å². The van der Waals surface area contributed by atoms with Gasteiger partial charge in [0.1, 0.15) is 0 Å². The summed E-state index contributed by atoms with van der Waals surface area (Å²) in [6.07, 6.45) is 0. The Balaban J connectivity index is 1.96. The SMILES string of the molecule is COC(=O)c1ccc(NCc2ccc([N+](=O)[O-])s2)cc1. The van der Waals surface area contributed by atoms with E-state index in [1.54, 1.807) is 30.3 Å². The molecule has 0 bridgehead atoms. The monoisotopic (exact) mass is 292 g/mol. The molecule has 0 atom stereocenters.